The van der Waals surface area contributed by atoms with Crippen LogP contribution in [-0.4, -0.2) is 19.1 Å². The molecule has 0 atom stereocenters. The third-order valence-electron chi connectivity index (χ3n) is 2.04. The molecule has 0 spiro atoms. The summed E-state index contributed by atoms with van der Waals surface area (Å²) < 4.78 is 17.9. The Hall–Kier alpha value is -1.78. The number of hydrogen-bond donors (Lipinski definition) is 2. The molecule has 5 heteroatoms. The Kier molecular flexibility index (Phi) is 4.75. The molecule has 4 nitrogen and oxygen atoms in total. The van der Waals surface area contributed by atoms with Crippen molar-refractivity contribution in [1.29, 1.82) is 0 Å². The standard InChI is InChI=1S/C12H17FN2O2/c1-8(2)6-15-12(16)7-17-11-4-3-9(13)5-10(11)14/h3-5,8H,6-7,14H2,1-2H3,(H,15,16). The van der Waals surface area contributed by atoms with Gasteiger partial charge >= 0.3 is 0 Å². The minimum Gasteiger partial charge on any atom is -0.482 e. The van der Waals surface area contributed by atoms with E-state index in [0.717, 1.165) is 6.07 Å². The van der Waals surface area contributed by atoms with E-state index in [0.29, 0.717) is 18.2 Å². The molecule has 1 aromatic carbocycles. The van der Waals surface area contributed by atoms with Crippen LogP contribution < -0.4 is 15.8 Å². The van der Waals surface area contributed by atoms with Crippen LogP contribution in [0.4, 0.5) is 10.1 Å². The Balaban J connectivity index is 2.42. The Labute approximate surface area is 100.0 Å². The second-order valence-corrected chi connectivity index (χ2v) is 4.17. The van der Waals surface area contributed by atoms with Crippen LogP contribution in [0.2, 0.25) is 0 Å². The lowest BCUT2D eigenvalue weighted by molar-refractivity contribution is -0.123. The minimum absolute atomic E-state index is 0.122. The van der Waals surface area contributed by atoms with Crippen molar-refractivity contribution in [1.82, 2.24) is 5.32 Å². The highest BCUT2D eigenvalue weighted by Crippen LogP contribution is 2.21. The van der Waals surface area contributed by atoms with E-state index in [4.69, 9.17) is 10.5 Å². The van der Waals surface area contributed by atoms with Crippen LogP contribution in [0.25, 0.3) is 0 Å². The second-order valence-electron chi connectivity index (χ2n) is 4.17. The molecule has 0 fully saturated rings. The van der Waals surface area contributed by atoms with Crippen LogP contribution in [0.3, 0.4) is 0 Å². The Morgan fingerprint density at radius 3 is 2.82 bits per heavy atom. The summed E-state index contributed by atoms with van der Waals surface area (Å²) >= 11 is 0. The zero-order chi connectivity index (χ0) is 12.8. The van der Waals surface area contributed by atoms with Crippen LogP contribution in [0, 0.1) is 11.7 Å². The van der Waals surface area contributed by atoms with Crippen LogP contribution in [-0.2, 0) is 4.79 Å². The maximum Gasteiger partial charge on any atom is 0.257 e. The van der Waals surface area contributed by atoms with Crippen molar-refractivity contribution < 1.29 is 13.9 Å². The van der Waals surface area contributed by atoms with Gasteiger partial charge in [0.2, 0.25) is 0 Å². The fraction of sp³-hybridized carbons (Fsp3) is 0.417. The lowest BCUT2D eigenvalue weighted by atomic mass is 10.2. The first-order valence-corrected chi connectivity index (χ1v) is 5.43. The summed E-state index contributed by atoms with van der Waals surface area (Å²) in [5.74, 6) is 0.0440. The number of halogens is 1. The average Bonchev–Trinajstić information content (AvgIpc) is 2.25. The molecule has 0 aliphatic heterocycles. The van der Waals surface area contributed by atoms with Crippen molar-refractivity contribution in [2.75, 3.05) is 18.9 Å². The van der Waals surface area contributed by atoms with Gasteiger partial charge in [0.05, 0.1) is 5.69 Å². The number of nitrogens with two attached hydrogens (primary N) is 1. The third-order valence-corrected chi connectivity index (χ3v) is 2.04. The summed E-state index contributed by atoms with van der Waals surface area (Å²) in [6.07, 6.45) is 0. The molecule has 3 N–H and O–H groups in total. The van der Waals surface area contributed by atoms with Crippen molar-refractivity contribution in [2.24, 2.45) is 5.92 Å². The monoisotopic (exact) mass is 240 g/mol. The molecule has 1 rings (SSSR count). The second kappa shape index (κ2) is 6.08. The third kappa shape index (κ3) is 4.72. The van der Waals surface area contributed by atoms with Gasteiger partial charge in [0.25, 0.3) is 5.91 Å². The maximum atomic E-state index is 12.7. The first-order chi connectivity index (χ1) is 7.99. The molecule has 0 radical (unpaired) electrons. The minimum atomic E-state index is -0.431. The van der Waals surface area contributed by atoms with E-state index in [-0.39, 0.29) is 18.2 Å². The van der Waals surface area contributed by atoms with Gasteiger partial charge in [0.15, 0.2) is 6.61 Å². The number of carbonyl (C=O) groups excluding carboxylic acids is 1. The first kappa shape index (κ1) is 13.3. The highest BCUT2D eigenvalue weighted by Gasteiger charge is 2.06. The van der Waals surface area contributed by atoms with E-state index in [2.05, 4.69) is 5.32 Å². The molecule has 1 amide bonds. The summed E-state index contributed by atoms with van der Waals surface area (Å²) in [4.78, 5) is 11.3. The van der Waals surface area contributed by atoms with Crippen molar-refractivity contribution in [3.05, 3.63) is 24.0 Å². The van der Waals surface area contributed by atoms with Crippen molar-refractivity contribution in [2.45, 2.75) is 13.8 Å². The highest BCUT2D eigenvalue weighted by molar-refractivity contribution is 5.77. The summed E-state index contributed by atoms with van der Waals surface area (Å²) in [6.45, 7) is 4.47. The fourth-order valence-electron chi connectivity index (χ4n) is 1.16. The van der Waals surface area contributed by atoms with Gasteiger partial charge in [-0.3, -0.25) is 4.79 Å². The highest BCUT2D eigenvalue weighted by atomic mass is 19.1. The number of ether oxygens (including phenoxy) is 1. The van der Waals surface area contributed by atoms with Crippen molar-refractivity contribution in [3.8, 4) is 5.75 Å². The molecule has 1 aromatic rings. The summed E-state index contributed by atoms with van der Waals surface area (Å²) in [5, 5.41) is 2.70. The molecule has 0 aromatic heterocycles. The van der Waals surface area contributed by atoms with E-state index >= 15 is 0 Å². The van der Waals surface area contributed by atoms with Crippen LogP contribution >= 0.6 is 0 Å². The molecule has 0 heterocycles. The molecule has 0 unspecified atom stereocenters. The number of benzene rings is 1. The summed E-state index contributed by atoms with van der Waals surface area (Å²) in [6, 6.07) is 3.79. The smallest absolute Gasteiger partial charge is 0.257 e. The van der Waals surface area contributed by atoms with E-state index in [1.54, 1.807) is 0 Å². The van der Waals surface area contributed by atoms with E-state index in [1.807, 2.05) is 13.8 Å². The quantitative estimate of drug-likeness (QED) is 0.768. The number of nitrogen functional groups attached to an aromatic ring is 1. The number of nitrogens with one attached hydrogen (secondary N) is 1. The topological polar surface area (TPSA) is 64.3 Å². The predicted octanol–water partition coefficient (Wildman–Crippen LogP) is 1.56. The summed E-state index contributed by atoms with van der Waals surface area (Å²) in [7, 11) is 0. The van der Waals surface area contributed by atoms with Gasteiger partial charge in [-0.1, -0.05) is 13.8 Å². The lowest BCUT2D eigenvalue weighted by Gasteiger charge is -2.10. The van der Waals surface area contributed by atoms with Crippen molar-refractivity contribution >= 4 is 11.6 Å². The molecule has 17 heavy (non-hydrogen) atoms. The largest absolute Gasteiger partial charge is 0.482 e. The molecule has 94 valence electrons. The van der Waals surface area contributed by atoms with Gasteiger partial charge in [0.1, 0.15) is 11.6 Å². The normalized spacial score (nSPS) is 10.4. The zero-order valence-electron chi connectivity index (χ0n) is 10.00. The molecule has 0 saturated carbocycles. The number of amides is 1. The Morgan fingerprint density at radius 1 is 1.53 bits per heavy atom. The first-order valence-electron chi connectivity index (χ1n) is 5.43. The number of anilines is 1. The van der Waals surface area contributed by atoms with Crippen LogP contribution in [0.15, 0.2) is 18.2 Å². The van der Waals surface area contributed by atoms with Gasteiger partial charge in [-0.15, -0.1) is 0 Å². The molecule has 0 aliphatic rings. The van der Waals surface area contributed by atoms with E-state index in [9.17, 15) is 9.18 Å². The lowest BCUT2D eigenvalue weighted by Crippen LogP contribution is -2.31. The Bertz CT molecular complexity index is 394. The molecule has 0 bridgehead atoms. The molecular weight excluding hydrogens is 223 g/mol. The summed E-state index contributed by atoms with van der Waals surface area (Å²) in [5.41, 5.74) is 5.72. The van der Waals surface area contributed by atoms with Gasteiger partial charge in [-0.05, 0) is 18.1 Å². The van der Waals surface area contributed by atoms with Crippen LogP contribution in [0.5, 0.6) is 5.75 Å². The SMILES string of the molecule is CC(C)CNC(=O)COc1ccc(F)cc1N. The van der Waals surface area contributed by atoms with Gasteiger partial charge in [-0.25, -0.2) is 4.39 Å². The molecule has 0 saturated heterocycles. The zero-order valence-corrected chi connectivity index (χ0v) is 10.00. The van der Waals surface area contributed by atoms with Gasteiger partial charge in [0, 0.05) is 12.6 Å². The van der Waals surface area contributed by atoms with Gasteiger partial charge in [-0.2, -0.15) is 0 Å². The molecular formula is C12H17FN2O2. The van der Waals surface area contributed by atoms with E-state index in [1.165, 1.54) is 12.1 Å². The predicted molar refractivity (Wildman–Crippen MR) is 64.2 cm³/mol. The molecule has 0 aliphatic carbocycles. The fourth-order valence-corrected chi connectivity index (χ4v) is 1.16. The van der Waals surface area contributed by atoms with Crippen LogP contribution in [0.1, 0.15) is 13.8 Å². The van der Waals surface area contributed by atoms with E-state index < -0.39 is 5.82 Å². The maximum absolute atomic E-state index is 12.7. The number of carbonyl (C=O) groups is 1. The van der Waals surface area contributed by atoms with Crippen molar-refractivity contribution in [3.63, 3.8) is 0 Å². The Morgan fingerprint density at radius 2 is 2.24 bits per heavy atom. The van der Waals surface area contributed by atoms with Gasteiger partial charge < -0.3 is 15.8 Å². The average molecular weight is 240 g/mol. The number of rotatable bonds is 5. The number of hydrogen-bond acceptors (Lipinski definition) is 3.